The summed E-state index contributed by atoms with van der Waals surface area (Å²) in [4.78, 5) is 47.0. The Bertz CT molecular complexity index is 1440. The molecule has 0 radical (unpaired) electrons. The third-order valence-corrected chi connectivity index (χ3v) is 9.47. The summed E-state index contributed by atoms with van der Waals surface area (Å²) in [5.74, 6) is -0.452. The van der Waals surface area contributed by atoms with Crippen LogP contribution in [0.15, 0.2) is 36.4 Å². The average molecular weight is 665 g/mol. The molecule has 14 heteroatoms. The number of hydrogen-bond acceptors (Lipinski definition) is 6. The fourth-order valence-corrected chi connectivity index (χ4v) is 6.87. The number of hydrogen-bond donors (Lipinski definition) is 2. The molecule has 0 bridgehead atoms. The molecule has 0 unspecified atom stereocenters. The van der Waals surface area contributed by atoms with Gasteiger partial charge in [0.1, 0.15) is 0 Å². The summed E-state index contributed by atoms with van der Waals surface area (Å²) < 4.78 is 47.5. The first-order valence-corrected chi connectivity index (χ1v) is 15.9. The molecular weight excluding hydrogens is 625 g/mol. The van der Waals surface area contributed by atoms with Crippen LogP contribution in [0.1, 0.15) is 42.4 Å². The van der Waals surface area contributed by atoms with Gasteiger partial charge in [-0.3, -0.25) is 4.79 Å². The Labute approximate surface area is 271 Å². The topological polar surface area (TPSA) is 97.5 Å². The highest BCUT2D eigenvalue weighted by molar-refractivity contribution is 6.33. The molecule has 0 spiro atoms. The molecule has 4 amide bonds. The monoisotopic (exact) mass is 664 g/mol. The van der Waals surface area contributed by atoms with Crippen molar-refractivity contribution in [2.75, 3.05) is 58.0 Å². The maximum atomic E-state index is 13.9. The number of nitrogens with zero attached hydrogens (tertiary/aromatic N) is 4. The molecule has 0 aliphatic carbocycles. The highest BCUT2D eigenvalue weighted by atomic mass is 35.5. The zero-order valence-electron chi connectivity index (χ0n) is 26.2. The quantitative estimate of drug-likeness (QED) is 0.405. The number of ether oxygens (including phenoxy) is 1. The van der Waals surface area contributed by atoms with Crippen LogP contribution in [-0.4, -0.2) is 103 Å². The van der Waals surface area contributed by atoms with Crippen molar-refractivity contribution in [1.29, 1.82) is 0 Å². The highest BCUT2D eigenvalue weighted by Crippen LogP contribution is 2.40. The van der Waals surface area contributed by atoms with Gasteiger partial charge in [0.15, 0.2) is 6.10 Å². The van der Waals surface area contributed by atoms with Crippen molar-refractivity contribution < 1.29 is 32.3 Å². The number of para-hydroxylation sites is 1. The van der Waals surface area contributed by atoms with E-state index >= 15 is 0 Å². The molecule has 3 aliphatic rings. The maximum absolute atomic E-state index is 13.9. The Morgan fingerprint density at radius 2 is 1.72 bits per heavy atom. The molecule has 1 atom stereocenters. The lowest BCUT2D eigenvalue weighted by molar-refractivity contribution is -0.142. The van der Waals surface area contributed by atoms with E-state index < -0.39 is 29.8 Å². The van der Waals surface area contributed by atoms with Crippen molar-refractivity contribution in [1.82, 2.24) is 19.6 Å². The minimum Gasteiger partial charge on any atom is -0.436 e. The van der Waals surface area contributed by atoms with E-state index in [1.54, 1.807) is 9.80 Å². The van der Waals surface area contributed by atoms with Crippen LogP contribution in [0.5, 0.6) is 0 Å². The number of halogens is 4. The molecule has 2 saturated heterocycles. The van der Waals surface area contributed by atoms with Crippen LogP contribution in [0, 0.1) is 0 Å². The van der Waals surface area contributed by atoms with Gasteiger partial charge >= 0.3 is 18.3 Å². The van der Waals surface area contributed by atoms with Gasteiger partial charge in [-0.2, -0.15) is 13.2 Å². The predicted octanol–water partition coefficient (Wildman–Crippen LogP) is 5.51. The van der Waals surface area contributed by atoms with E-state index in [4.69, 9.17) is 16.3 Å². The average Bonchev–Trinajstić information content (AvgIpc) is 3.03. The van der Waals surface area contributed by atoms with Gasteiger partial charge in [0, 0.05) is 64.0 Å². The molecule has 2 fully saturated rings. The van der Waals surface area contributed by atoms with Gasteiger partial charge in [-0.15, -0.1) is 0 Å². The lowest BCUT2D eigenvalue weighted by Crippen LogP contribution is -2.52. The number of carbonyl (C=O) groups is 3. The van der Waals surface area contributed by atoms with E-state index in [1.807, 2.05) is 38.4 Å². The first kappa shape index (κ1) is 33.6. The number of urea groups is 1. The molecule has 2 aromatic carbocycles. The fraction of sp³-hybridized carbons (Fsp3) is 0.531. The van der Waals surface area contributed by atoms with Crippen molar-refractivity contribution >= 4 is 41.0 Å². The molecule has 3 aliphatic heterocycles. The molecule has 2 N–H and O–H groups in total. The van der Waals surface area contributed by atoms with Crippen LogP contribution in [-0.2, 0) is 28.7 Å². The Morgan fingerprint density at radius 1 is 1.07 bits per heavy atom. The van der Waals surface area contributed by atoms with Gasteiger partial charge in [0.05, 0.1) is 16.3 Å². The molecule has 10 nitrogen and oxygen atoms in total. The zero-order chi connectivity index (χ0) is 33.2. The zero-order valence-corrected chi connectivity index (χ0v) is 27.0. The van der Waals surface area contributed by atoms with Crippen molar-refractivity contribution in [3.05, 3.63) is 58.1 Å². The second-order valence-electron chi connectivity index (χ2n) is 12.3. The number of anilines is 2. The summed E-state index contributed by atoms with van der Waals surface area (Å²) in [5.41, 5.74) is 0.693. The summed E-state index contributed by atoms with van der Waals surface area (Å²) in [6.45, 7) is 1.94. The van der Waals surface area contributed by atoms with E-state index in [0.29, 0.717) is 51.6 Å². The third-order valence-electron chi connectivity index (χ3n) is 9.18. The summed E-state index contributed by atoms with van der Waals surface area (Å²) in [5, 5.41) is 5.27. The molecule has 0 aromatic heterocycles. The lowest BCUT2D eigenvalue weighted by Gasteiger charge is -2.40. The molecular formula is C32H40ClF3N6O4. The van der Waals surface area contributed by atoms with Crippen LogP contribution >= 0.6 is 11.6 Å². The van der Waals surface area contributed by atoms with Crippen LogP contribution < -0.4 is 10.6 Å². The number of nitrogens with one attached hydrogen (secondary N) is 2. The second kappa shape index (κ2) is 14.0. The van der Waals surface area contributed by atoms with Gasteiger partial charge in [-0.1, -0.05) is 29.8 Å². The molecule has 5 rings (SSSR count). The molecule has 250 valence electrons. The van der Waals surface area contributed by atoms with E-state index in [1.165, 1.54) is 18.0 Å². The molecule has 2 aromatic rings. The summed E-state index contributed by atoms with van der Waals surface area (Å²) >= 11 is 6.23. The van der Waals surface area contributed by atoms with E-state index in [-0.39, 0.29) is 34.8 Å². The van der Waals surface area contributed by atoms with Crippen molar-refractivity contribution in [2.45, 2.75) is 63.0 Å². The summed E-state index contributed by atoms with van der Waals surface area (Å²) in [6.07, 6.45) is -4.56. The first-order chi connectivity index (χ1) is 21.8. The Balaban J connectivity index is 1.29. The number of rotatable bonds is 7. The predicted molar refractivity (Wildman–Crippen MR) is 169 cm³/mol. The summed E-state index contributed by atoms with van der Waals surface area (Å²) in [7, 11) is 5.30. The minimum absolute atomic E-state index is 0.0959. The smallest absolute Gasteiger partial charge is 0.418 e. The number of fused-ring (bicyclic) bond motifs is 1. The number of likely N-dealkylation sites (tertiary alicyclic amines) is 2. The standard InChI is InChI=1S/C32H40ClF3N6O4/c1-37-28-24(32(34,35)36)16-20(17-25(28)33)18-27(29(43)40-12-8-22(9-13-40)39(2)3)46-31(45)41-14-10-23(11-15-41)42-19-21-6-4-5-7-26(21)38-30(42)44/h4-7,16-17,22-23,27,37H,8-15,18-19H2,1-3H3,(H,38,44)/t27-/m1/s1. The molecule has 46 heavy (non-hydrogen) atoms. The third kappa shape index (κ3) is 7.46. The van der Waals surface area contributed by atoms with E-state index in [2.05, 4.69) is 15.5 Å². The Kier molecular flexibility index (Phi) is 10.2. The van der Waals surface area contributed by atoms with Crippen LogP contribution in [0.25, 0.3) is 0 Å². The van der Waals surface area contributed by atoms with Crippen LogP contribution in [0.4, 0.5) is 34.1 Å². The highest BCUT2D eigenvalue weighted by Gasteiger charge is 2.38. The number of amides is 4. The number of piperidine rings is 2. The van der Waals surface area contributed by atoms with E-state index in [0.717, 1.165) is 30.2 Å². The van der Waals surface area contributed by atoms with Gasteiger partial charge in [-0.05, 0) is 69.1 Å². The van der Waals surface area contributed by atoms with Crippen molar-refractivity contribution in [3.63, 3.8) is 0 Å². The first-order valence-electron chi connectivity index (χ1n) is 15.5. The van der Waals surface area contributed by atoms with Crippen molar-refractivity contribution in [3.8, 4) is 0 Å². The molecule has 0 saturated carbocycles. The van der Waals surface area contributed by atoms with Gasteiger partial charge < -0.3 is 35.0 Å². The van der Waals surface area contributed by atoms with Gasteiger partial charge in [-0.25, -0.2) is 9.59 Å². The minimum atomic E-state index is -4.69. The Hall–Kier alpha value is -3.71. The van der Waals surface area contributed by atoms with Crippen molar-refractivity contribution in [2.24, 2.45) is 0 Å². The normalized spacial score (nSPS) is 18.7. The number of carbonyl (C=O) groups excluding carboxylic acids is 3. The van der Waals surface area contributed by atoms with Crippen LogP contribution in [0.2, 0.25) is 5.02 Å². The van der Waals surface area contributed by atoms with Gasteiger partial charge in [0.25, 0.3) is 5.91 Å². The SMILES string of the molecule is CNc1c(Cl)cc(C[C@@H](OC(=O)N2CCC(N3Cc4ccccc4NC3=O)CC2)C(=O)N2CCC(N(C)C)CC2)cc1C(F)(F)F. The number of alkyl halides is 3. The Morgan fingerprint density at radius 3 is 2.35 bits per heavy atom. The van der Waals surface area contributed by atoms with Gasteiger partial charge in [0.2, 0.25) is 0 Å². The largest absolute Gasteiger partial charge is 0.436 e. The fourth-order valence-electron chi connectivity index (χ4n) is 6.53. The molecule has 3 heterocycles. The second-order valence-corrected chi connectivity index (χ2v) is 12.7. The number of benzene rings is 2. The van der Waals surface area contributed by atoms with E-state index in [9.17, 15) is 27.6 Å². The summed E-state index contributed by atoms with van der Waals surface area (Å²) in [6, 6.07) is 9.92. The lowest BCUT2D eigenvalue weighted by atomic mass is 10.00. The maximum Gasteiger partial charge on any atom is 0.418 e. The van der Waals surface area contributed by atoms with Crippen LogP contribution in [0.3, 0.4) is 0 Å².